The molecule has 0 spiro atoms. The second kappa shape index (κ2) is 5.51. The van der Waals surface area contributed by atoms with Gasteiger partial charge < -0.3 is 14.5 Å². The first-order valence-electron chi connectivity index (χ1n) is 6.16. The van der Waals surface area contributed by atoms with E-state index in [0.717, 1.165) is 31.9 Å². The Bertz CT molecular complexity index is 321. The monoisotopic (exact) mass is 223 g/mol. The van der Waals surface area contributed by atoms with Crippen LogP contribution < -0.4 is 5.32 Å². The molecule has 2 unspecified atom stereocenters. The molecule has 3 nitrogen and oxygen atoms in total. The lowest BCUT2D eigenvalue weighted by Gasteiger charge is -2.16. The van der Waals surface area contributed by atoms with Gasteiger partial charge in [0.1, 0.15) is 5.76 Å². The first-order valence-corrected chi connectivity index (χ1v) is 6.16. The molecule has 1 aromatic rings. The summed E-state index contributed by atoms with van der Waals surface area (Å²) in [5.41, 5.74) is 1.22. The van der Waals surface area contributed by atoms with Gasteiger partial charge in [-0.25, -0.2) is 0 Å². The molecule has 1 saturated heterocycles. The van der Waals surface area contributed by atoms with Crippen LogP contribution in [0.15, 0.2) is 16.7 Å². The fraction of sp³-hybridized carbons (Fsp3) is 0.692. The summed E-state index contributed by atoms with van der Waals surface area (Å²) in [6.45, 7) is 7.04. The molecule has 0 bridgehead atoms. The van der Waals surface area contributed by atoms with Crippen LogP contribution in [-0.2, 0) is 11.3 Å². The Kier molecular flexibility index (Phi) is 4.02. The third-order valence-corrected chi connectivity index (χ3v) is 3.41. The maximum absolute atomic E-state index is 5.66. The lowest BCUT2D eigenvalue weighted by atomic mass is 10.00. The van der Waals surface area contributed by atoms with E-state index in [0.29, 0.717) is 12.0 Å². The molecule has 2 rings (SSSR count). The number of rotatable bonds is 5. The quantitative estimate of drug-likeness (QED) is 0.832. The van der Waals surface area contributed by atoms with Crippen LogP contribution in [0.5, 0.6) is 0 Å². The second-order valence-electron chi connectivity index (χ2n) is 4.52. The normalized spacial score (nSPS) is 25.1. The van der Waals surface area contributed by atoms with Crippen molar-refractivity contribution < 1.29 is 9.15 Å². The molecule has 0 radical (unpaired) electrons. The van der Waals surface area contributed by atoms with E-state index in [1.54, 1.807) is 6.26 Å². The summed E-state index contributed by atoms with van der Waals surface area (Å²) < 4.78 is 11.1. The van der Waals surface area contributed by atoms with Crippen molar-refractivity contribution in [3.8, 4) is 0 Å². The summed E-state index contributed by atoms with van der Waals surface area (Å²) in [5.74, 6) is 1.72. The minimum atomic E-state index is 0.449. The summed E-state index contributed by atoms with van der Waals surface area (Å²) in [6, 6.07) is 2.00. The highest BCUT2D eigenvalue weighted by molar-refractivity contribution is 5.14. The minimum Gasteiger partial charge on any atom is -0.468 e. The van der Waals surface area contributed by atoms with Gasteiger partial charge >= 0.3 is 0 Å². The molecule has 0 saturated carbocycles. The average Bonchev–Trinajstić information content (AvgIpc) is 2.88. The highest BCUT2D eigenvalue weighted by Crippen LogP contribution is 2.22. The highest BCUT2D eigenvalue weighted by atomic mass is 16.5. The topological polar surface area (TPSA) is 34.4 Å². The third kappa shape index (κ3) is 2.66. The van der Waals surface area contributed by atoms with Gasteiger partial charge in [0, 0.05) is 13.2 Å². The van der Waals surface area contributed by atoms with Gasteiger partial charge in [-0.15, -0.1) is 0 Å². The Morgan fingerprint density at radius 1 is 1.50 bits per heavy atom. The molecule has 0 aromatic carbocycles. The van der Waals surface area contributed by atoms with Gasteiger partial charge in [-0.1, -0.05) is 6.92 Å². The van der Waals surface area contributed by atoms with Crippen LogP contribution in [0.3, 0.4) is 0 Å². The first kappa shape index (κ1) is 11.7. The zero-order valence-corrected chi connectivity index (χ0v) is 10.2. The fourth-order valence-electron chi connectivity index (χ4n) is 2.33. The van der Waals surface area contributed by atoms with Crippen molar-refractivity contribution in [2.75, 3.05) is 13.2 Å². The first-order chi connectivity index (χ1) is 7.81. The van der Waals surface area contributed by atoms with Crippen molar-refractivity contribution >= 4 is 0 Å². The summed E-state index contributed by atoms with van der Waals surface area (Å²) in [6.07, 6.45) is 4.50. The Morgan fingerprint density at radius 3 is 3.06 bits per heavy atom. The average molecular weight is 223 g/mol. The van der Waals surface area contributed by atoms with Gasteiger partial charge in [-0.2, -0.15) is 0 Å². The SMILES string of the molecule is CCC1OCCC1CNCc1occc1C. The van der Waals surface area contributed by atoms with Crippen molar-refractivity contribution in [1.82, 2.24) is 5.32 Å². The number of nitrogens with one attached hydrogen (secondary N) is 1. The van der Waals surface area contributed by atoms with Gasteiger partial charge in [0.25, 0.3) is 0 Å². The van der Waals surface area contributed by atoms with Crippen LogP contribution in [0.4, 0.5) is 0 Å². The smallest absolute Gasteiger partial charge is 0.120 e. The molecule has 3 heteroatoms. The molecule has 1 aliphatic rings. The molecule has 1 fully saturated rings. The summed E-state index contributed by atoms with van der Waals surface area (Å²) in [5, 5.41) is 3.46. The maximum atomic E-state index is 5.66. The van der Waals surface area contributed by atoms with Crippen LogP contribution in [0, 0.1) is 12.8 Å². The lowest BCUT2D eigenvalue weighted by Crippen LogP contribution is -2.28. The van der Waals surface area contributed by atoms with E-state index < -0.39 is 0 Å². The van der Waals surface area contributed by atoms with Crippen molar-refractivity contribution in [3.05, 3.63) is 23.7 Å². The Labute approximate surface area is 97.2 Å². The van der Waals surface area contributed by atoms with Crippen LogP contribution >= 0.6 is 0 Å². The molecule has 0 aliphatic carbocycles. The standard InChI is InChI=1S/C13H21NO2/c1-3-12-11(5-7-15-12)8-14-9-13-10(2)4-6-16-13/h4,6,11-12,14H,3,5,7-9H2,1-2H3. The van der Waals surface area contributed by atoms with Crippen molar-refractivity contribution in [2.24, 2.45) is 5.92 Å². The van der Waals surface area contributed by atoms with E-state index in [9.17, 15) is 0 Å². The predicted molar refractivity (Wildman–Crippen MR) is 63.3 cm³/mol. The van der Waals surface area contributed by atoms with Crippen molar-refractivity contribution in [2.45, 2.75) is 39.3 Å². The highest BCUT2D eigenvalue weighted by Gasteiger charge is 2.26. The maximum Gasteiger partial charge on any atom is 0.120 e. The molecule has 2 atom stereocenters. The molecule has 1 aromatic heterocycles. The second-order valence-corrected chi connectivity index (χ2v) is 4.52. The molecular weight excluding hydrogens is 202 g/mol. The van der Waals surface area contributed by atoms with Crippen molar-refractivity contribution in [3.63, 3.8) is 0 Å². The Morgan fingerprint density at radius 2 is 2.38 bits per heavy atom. The minimum absolute atomic E-state index is 0.449. The zero-order valence-electron chi connectivity index (χ0n) is 10.2. The number of furan rings is 1. The molecule has 1 N–H and O–H groups in total. The number of hydrogen-bond acceptors (Lipinski definition) is 3. The van der Waals surface area contributed by atoms with Gasteiger partial charge in [0.15, 0.2) is 0 Å². The van der Waals surface area contributed by atoms with Crippen LogP contribution in [0.25, 0.3) is 0 Å². The Balaban J connectivity index is 1.74. The van der Waals surface area contributed by atoms with E-state index in [1.807, 2.05) is 6.07 Å². The fourth-order valence-corrected chi connectivity index (χ4v) is 2.33. The third-order valence-electron chi connectivity index (χ3n) is 3.41. The van der Waals surface area contributed by atoms with Crippen molar-refractivity contribution in [1.29, 1.82) is 0 Å². The van der Waals surface area contributed by atoms with Gasteiger partial charge in [0.2, 0.25) is 0 Å². The number of ether oxygens (including phenoxy) is 1. The largest absolute Gasteiger partial charge is 0.468 e. The molecule has 1 aliphatic heterocycles. The van der Waals surface area contributed by atoms with Crippen LogP contribution in [0.2, 0.25) is 0 Å². The summed E-state index contributed by atoms with van der Waals surface area (Å²) in [4.78, 5) is 0. The van der Waals surface area contributed by atoms with E-state index >= 15 is 0 Å². The summed E-state index contributed by atoms with van der Waals surface area (Å²) in [7, 11) is 0. The van der Waals surface area contributed by atoms with Gasteiger partial charge in [0.05, 0.1) is 18.9 Å². The number of aryl methyl sites for hydroxylation is 1. The summed E-state index contributed by atoms with van der Waals surface area (Å²) >= 11 is 0. The molecular formula is C13H21NO2. The molecule has 2 heterocycles. The van der Waals surface area contributed by atoms with E-state index in [-0.39, 0.29) is 0 Å². The van der Waals surface area contributed by atoms with Crippen LogP contribution in [-0.4, -0.2) is 19.3 Å². The Hall–Kier alpha value is -0.800. The predicted octanol–water partition coefficient (Wildman–Crippen LogP) is 2.49. The van der Waals surface area contributed by atoms with Crippen LogP contribution in [0.1, 0.15) is 31.1 Å². The van der Waals surface area contributed by atoms with E-state index in [2.05, 4.69) is 19.2 Å². The van der Waals surface area contributed by atoms with E-state index in [4.69, 9.17) is 9.15 Å². The molecule has 16 heavy (non-hydrogen) atoms. The molecule has 90 valence electrons. The van der Waals surface area contributed by atoms with Gasteiger partial charge in [-0.05, 0) is 37.3 Å². The van der Waals surface area contributed by atoms with E-state index in [1.165, 1.54) is 12.0 Å². The number of hydrogen-bond donors (Lipinski definition) is 1. The zero-order chi connectivity index (χ0) is 11.4. The lowest BCUT2D eigenvalue weighted by molar-refractivity contribution is 0.0871. The van der Waals surface area contributed by atoms with Gasteiger partial charge in [-0.3, -0.25) is 0 Å². The molecule has 0 amide bonds.